The highest BCUT2D eigenvalue weighted by Crippen LogP contribution is 2.26. The van der Waals surface area contributed by atoms with E-state index in [1.165, 1.54) is 76.3 Å². The molecular weight excluding hydrogens is 276 g/mol. The lowest BCUT2D eigenvalue weighted by Gasteiger charge is -2.30. The second-order valence-corrected chi connectivity index (χ2v) is 9.50. The van der Waals surface area contributed by atoms with Crippen LogP contribution in [0.25, 0.3) is 0 Å². The average Bonchev–Trinajstić information content (AvgIpc) is 2.47. The standard InChI is InChI=1S/C18H40O2Si/c1-5-9-11-12-13-14-16-18-21(19-7-3,20-8-4)17-15-10-6-2/h5-18H2,1-4H3. The molecule has 0 aromatic heterocycles. The predicted molar refractivity (Wildman–Crippen MR) is 96.1 cm³/mol. The minimum absolute atomic E-state index is 0.814. The maximum Gasteiger partial charge on any atom is 0.338 e. The molecule has 0 atom stereocenters. The molecular formula is C18H40O2Si. The fourth-order valence-electron chi connectivity index (χ4n) is 2.98. The van der Waals surface area contributed by atoms with Crippen LogP contribution in [0, 0.1) is 0 Å². The van der Waals surface area contributed by atoms with E-state index in [4.69, 9.17) is 8.85 Å². The molecule has 0 aliphatic carbocycles. The van der Waals surface area contributed by atoms with Crippen LogP contribution < -0.4 is 0 Å². The lowest BCUT2D eigenvalue weighted by Crippen LogP contribution is -2.42. The average molecular weight is 317 g/mol. The highest BCUT2D eigenvalue weighted by Gasteiger charge is 2.35. The zero-order valence-electron chi connectivity index (χ0n) is 15.2. The van der Waals surface area contributed by atoms with E-state index in [9.17, 15) is 0 Å². The molecule has 0 amide bonds. The molecule has 21 heavy (non-hydrogen) atoms. The summed E-state index contributed by atoms with van der Waals surface area (Å²) in [6.45, 7) is 10.4. The van der Waals surface area contributed by atoms with Gasteiger partial charge in [0, 0.05) is 13.2 Å². The molecule has 0 heterocycles. The molecule has 0 aromatic carbocycles. The summed E-state index contributed by atoms with van der Waals surface area (Å²) < 4.78 is 12.4. The van der Waals surface area contributed by atoms with Gasteiger partial charge in [0.25, 0.3) is 0 Å². The van der Waals surface area contributed by atoms with E-state index in [0.29, 0.717) is 0 Å². The normalized spacial score (nSPS) is 12.0. The van der Waals surface area contributed by atoms with Crippen molar-refractivity contribution in [3.63, 3.8) is 0 Å². The van der Waals surface area contributed by atoms with Crippen molar-refractivity contribution >= 4 is 8.56 Å². The van der Waals surface area contributed by atoms with Crippen molar-refractivity contribution in [2.45, 2.75) is 104 Å². The number of hydrogen-bond acceptors (Lipinski definition) is 2. The minimum atomic E-state index is -1.91. The van der Waals surface area contributed by atoms with Crippen LogP contribution in [0.15, 0.2) is 0 Å². The Bertz CT molecular complexity index is 203. The molecule has 0 rings (SSSR count). The Morgan fingerprint density at radius 3 is 1.38 bits per heavy atom. The first-order chi connectivity index (χ1) is 10.2. The van der Waals surface area contributed by atoms with E-state index in [1.807, 2.05) is 0 Å². The first kappa shape index (κ1) is 21.1. The van der Waals surface area contributed by atoms with E-state index in [0.717, 1.165) is 13.2 Å². The summed E-state index contributed by atoms with van der Waals surface area (Å²) in [5, 5.41) is 0. The van der Waals surface area contributed by atoms with Gasteiger partial charge >= 0.3 is 8.56 Å². The van der Waals surface area contributed by atoms with Crippen LogP contribution in [-0.2, 0) is 8.85 Å². The lowest BCUT2D eigenvalue weighted by atomic mass is 10.1. The molecule has 0 saturated heterocycles. The van der Waals surface area contributed by atoms with Gasteiger partial charge in [0.1, 0.15) is 0 Å². The summed E-state index contributed by atoms with van der Waals surface area (Å²) in [5.74, 6) is 0. The molecule has 0 N–H and O–H groups in total. The van der Waals surface area contributed by atoms with Crippen molar-refractivity contribution in [1.82, 2.24) is 0 Å². The van der Waals surface area contributed by atoms with Crippen molar-refractivity contribution in [3.05, 3.63) is 0 Å². The first-order valence-electron chi connectivity index (χ1n) is 9.52. The van der Waals surface area contributed by atoms with Crippen LogP contribution in [0.2, 0.25) is 12.1 Å². The fourth-order valence-corrected chi connectivity index (χ4v) is 6.52. The van der Waals surface area contributed by atoms with Gasteiger partial charge in [-0.3, -0.25) is 0 Å². The van der Waals surface area contributed by atoms with Gasteiger partial charge in [0.15, 0.2) is 0 Å². The second-order valence-electron chi connectivity index (χ2n) is 6.11. The summed E-state index contributed by atoms with van der Waals surface area (Å²) in [7, 11) is -1.91. The van der Waals surface area contributed by atoms with Crippen molar-refractivity contribution in [1.29, 1.82) is 0 Å². The third kappa shape index (κ3) is 11.4. The van der Waals surface area contributed by atoms with Gasteiger partial charge in [0.05, 0.1) is 0 Å². The molecule has 0 radical (unpaired) electrons. The first-order valence-corrected chi connectivity index (χ1v) is 11.8. The molecule has 0 aliphatic heterocycles. The topological polar surface area (TPSA) is 18.5 Å². The van der Waals surface area contributed by atoms with Crippen LogP contribution in [0.5, 0.6) is 0 Å². The van der Waals surface area contributed by atoms with Crippen LogP contribution in [0.4, 0.5) is 0 Å². The summed E-state index contributed by atoms with van der Waals surface area (Å²) in [6, 6.07) is 2.39. The largest absolute Gasteiger partial charge is 0.394 e. The zero-order chi connectivity index (χ0) is 15.8. The van der Waals surface area contributed by atoms with Gasteiger partial charge in [-0.25, -0.2) is 0 Å². The van der Waals surface area contributed by atoms with Crippen molar-refractivity contribution in [3.8, 4) is 0 Å². The SMILES string of the molecule is CCCCCCCCC[Si](CCCCC)(OCC)OCC. The Hall–Kier alpha value is 0.137. The smallest absolute Gasteiger partial charge is 0.338 e. The van der Waals surface area contributed by atoms with E-state index >= 15 is 0 Å². The lowest BCUT2D eigenvalue weighted by molar-refractivity contribution is 0.180. The Morgan fingerprint density at radius 1 is 0.524 bits per heavy atom. The van der Waals surface area contributed by atoms with E-state index < -0.39 is 8.56 Å². The van der Waals surface area contributed by atoms with Crippen LogP contribution in [0.1, 0.15) is 91.9 Å². The van der Waals surface area contributed by atoms with Gasteiger partial charge in [-0.15, -0.1) is 0 Å². The molecule has 2 nitrogen and oxygen atoms in total. The molecule has 0 unspecified atom stereocenters. The maximum absolute atomic E-state index is 6.18. The number of rotatable bonds is 16. The quantitative estimate of drug-likeness (QED) is 0.241. The Morgan fingerprint density at radius 2 is 0.905 bits per heavy atom. The molecule has 0 spiro atoms. The van der Waals surface area contributed by atoms with Gasteiger partial charge in [-0.1, -0.05) is 78.1 Å². The second kappa shape index (κ2) is 15.0. The molecule has 0 aliphatic rings. The highest BCUT2D eigenvalue weighted by molar-refractivity contribution is 6.67. The van der Waals surface area contributed by atoms with Crippen molar-refractivity contribution in [2.75, 3.05) is 13.2 Å². The van der Waals surface area contributed by atoms with Crippen LogP contribution >= 0.6 is 0 Å². The van der Waals surface area contributed by atoms with Gasteiger partial charge in [-0.05, 0) is 25.9 Å². The Labute approximate surface area is 135 Å². The molecule has 0 bridgehead atoms. The minimum Gasteiger partial charge on any atom is -0.394 e. The molecule has 0 aromatic rings. The fraction of sp³-hybridized carbons (Fsp3) is 1.00. The molecule has 128 valence electrons. The van der Waals surface area contributed by atoms with E-state index in [2.05, 4.69) is 27.7 Å². The van der Waals surface area contributed by atoms with Crippen molar-refractivity contribution < 1.29 is 8.85 Å². The van der Waals surface area contributed by atoms with Gasteiger partial charge < -0.3 is 8.85 Å². The Kier molecular flexibility index (Phi) is 15.1. The van der Waals surface area contributed by atoms with Gasteiger partial charge in [0.2, 0.25) is 0 Å². The summed E-state index contributed by atoms with van der Waals surface area (Å²) >= 11 is 0. The highest BCUT2D eigenvalue weighted by atomic mass is 28.4. The predicted octanol–water partition coefficient (Wildman–Crippen LogP) is 6.44. The number of hydrogen-bond donors (Lipinski definition) is 0. The maximum atomic E-state index is 6.18. The van der Waals surface area contributed by atoms with Gasteiger partial charge in [-0.2, -0.15) is 0 Å². The third-order valence-corrected chi connectivity index (χ3v) is 8.00. The van der Waals surface area contributed by atoms with Crippen molar-refractivity contribution in [2.24, 2.45) is 0 Å². The van der Waals surface area contributed by atoms with E-state index in [-0.39, 0.29) is 0 Å². The molecule has 0 fully saturated rings. The summed E-state index contributed by atoms with van der Waals surface area (Å²) in [5.41, 5.74) is 0. The van der Waals surface area contributed by atoms with Crippen LogP contribution in [-0.4, -0.2) is 21.8 Å². The Balaban J connectivity index is 4.05. The zero-order valence-corrected chi connectivity index (χ0v) is 16.2. The number of unbranched alkanes of at least 4 members (excludes halogenated alkanes) is 8. The summed E-state index contributed by atoms with van der Waals surface area (Å²) in [6.07, 6.45) is 13.4. The molecule has 3 heteroatoms. The summed E-state index contributed by atoms with van der Waals surface area (Å²) in [4.78, 5) is 0. The van der Waals surface area contributed by atoms with E-state index in [1.54, 1.807) is 0 Å². The monoisotopic (exact) mass is 316 g/mol. The third-order valence-electron chi connectivity index (χ3n) is 4.14. The molecule has 0 saturated carbocycles. The van der Waals surface area contributed by atoms with Crippen LogP contribution in [0.3, 0.4) is 0 Å².